The van der Waals surface area contributed by atoms with Crippen LogP contribution in [0.3, 0.4) is 0 Å². The van der Waals surface area contributed by atoms with Crippen LogP contribution >= 0.6 is 0 Å². The van der Waals surface area contributed by atoms with Crippen LogP contribution in [0.1, 0.15) is 6.92 Å². The van der Waals surface area contributed by atoms with Gasteiger partial charge in [-0.1, -0.05) is 18.2 Å². The Hall–Kier alpha value is -1.75. The van der Waals surface area contributed by atoms with Crippen LogP contribution in [0.2, 0.25) is 0 Å². The Morgan fingerprint density at radius 2 is 2.12 bits per heavy atom. The minimum Gasteiger partial charge on any atom is -0.473 e. The van der Waals surface area contributed by atoms with Gasteiger partial charge in [-0.25, -0.2) is 4.79 Å². The highest BCUT2D eigenvalue weighted by Gasteiger charge is 2.35. The third-order valence-electron chi connectivity index (χ3n) is 2.41. The largest absolute Gasteiger partial charge is 0.473 e. The Labute approximate surface area is 99.7 Å². The lowest BCUT2D eigenvalue weighted by atomic mass is 10.3. The number of alkyl carbamates (subject to hydrolysis) is 1. The van der Waals surface area contributed by atoms with Crippen molar-refractivity contribution in [2.45, 2.75) is 19.1 Å². The Bertz CT molecular complexity index is 368. The Balaban J connectivity index is 1.57. The molecule has 1 saturated heterocycles. The van der Waals surface area contributed by atoms with Gasteiger partial charge in [0.25, 0.3) is 0 Å². The molecule has 1 aliphatic heterocycles. The van der Waals surface area contributed by atoms with Crippen molar-refractivity contribution in [1.29, 1.82) is 0 Å². The first-order valence-electron chi connectivity index (χ1n) is 5.49. The molecule has 1 heterocycles. The molecular weight excluding hydrogens is 222 g/mol. The summed E-state index contributed by atoms with van der Waals surface area (Å²) >= 11 is 0. The van der Waals surface area contributed by atoms with Gasteiger partial charge in [0.1, 0.15) is 18.5 Å². The highest BCUT2D eigenvalue weighted by molar-refractivity contribution is 5.66. The van der Waals surface area contributed by atoms with E-state index in [1.165, 1.54) is 0 Å². The summed E-state index contributed by atoms with van der Waals surface area (Å²) < 4.78 is 15.3. The van der Waals surface area contributed by atoms with Crippen molar-refractivity contribution in [3.63, 3.8) is 0 Å². The molecule has 1 aromatic carbocycles. The van der Waals surface area contributed by atoms with Crippen LogP contribution < -0.4 is 10.1 Å². The van der Waals surface area contributed by atoms with E-state index in [9.17, 15) is 4.79 Å². The molecule has 17 heavy (non-hydrogen) atoms. The molecule has 1 N–H and O–H groups in total. The quantitative estimate of drug-likeness (QED) is 0.623. The highest BCUT2D eigenvalue weighted by atomic mass is 16.6. The van der Waals surface area contributed by atoms with E-state index < -0.39 is 6.09 Å². The van der Waals surface area contributed by atoms with Crippen molar-refractivity contribution >= 4 is 6.09 Å². The molecule has 5 heteroatoms. The van der Waals surface area contributed by atoms with Crippen LogP contribution in [-0.4, -0.2) is 31.6 Å². The summed E-state index contributed by atoms with van der Waals surface area (Å²) in [6, 6.07) is 9.24. The number of hydrogen-bond acceptors (Lipinski definition) is 4. The number of para-hydroxylation sites is 1. The third-order valence-corrected chi connectivity index (χ3v) is 2.41. The number of amides is 1. The second-order valence-corrected chi connectivity index (χ2v) is 3.76. The van der Waals surface area contributed by atoms with E-state index in [1.54, 1.807) is 0 Å². The molecule has 0 spiro atoms. The van der Waals surface area contributed by atoms with Crippen LogP contribution in [0.25, 0.3) is 0 Å². The number of benzene rings is 1. The lowest BCUT2D eigenvalue weighted by molar-refractivity contribution is 0.127. The van der Waals surface area contributed by atoms with Gasteiger partial charge in [-0.2, -0.15) is 0 Å². The summed E-state index contributed by atoms with van der Waals surface area (Å²) in [6.07, 6.45) is -0.247. The van der Waals surface area contributed by atoms with Crippen molar-refractivity contribution < 1.29 is 19.0 Å². The number of carbonyl (C=O) groups is 1. The van der Waals surface area contributed by atoms with Crippen LogP contribution in [0.15, 0.2) is 30.3 Å². The summed E-state index contributed by atoms with van der Waals surface area (Å²) in [6.45, 7) is 2.31. The zero-order chi connectivity index (χ0) is 12.1. The topological polar surface area (TPSA) is 60.1 Å². The standard InChI is InChI=1S/C12H15NO4/c1-9-11(17-9)7-15-12(14)13-8-16-10-5-3-2-4-6-10/h2-6,9,11H,7-8H2,1H3,(H,13,14). The summed E-state index contributed by atoms with van der Waals surface area (Å²) in [4.78, 5) is 11.2. The van der Waals surface area contributed by atoms with E-state index in [4.69, 9.17) is 14.2 Å². The van der Waals surface area contributed by atoms with Gasteiger partial charge >= 0.3 is 6.09 Å². The fraction of sp³-hybridized carbons (Fsp3) is 0.417. The van der Waals surface area contributed by atoms with Crippen molar-refractivity contribution in [3.8, 4) is 5.75 Å². The number of ether oxygens (including phenoxy) is 3. The first kappa shape index (κ1) is 11.7. The van der Waals surface area contributed by atoms with E-state index in [0.717, 1.165) is 0 Å². The molecule has 1 fully saturated rings. The normalized spacial score (nSPS) is 21.7. The van der Waals surface area contributed by atoms with Gasteiger partial charge in [0.05, 0.1) is 6.10 Å². The fourth-order valence-electron chi connectivity index (χ4n) is 1.31. The number of nitrogens with one attached hydrogen (secondary N) is 1. The van der Waals surface area contributed by atoms with Gasteiger partial charge in [0, 0.05) is 0 Å². The summed E-state index contributed by atoms with van der Waals surface area (Å²) in [7, 11) is 0. The van der Waals surface area contributed by atoms with Gasteiger partial charge in [0.15, 0.2) is 6.73 Å². The molecule has 1 aliphatic rings. The Morgan fingerprint density at radius 1 is 1.41 bits per heavy atom. The van der Waals surface area contributed by atoms with Gasteiger partial charge in [-0.15, -0.1) is 0 Å². The Kier molecular flexibility index (Phi) is 3.82. The maximum atomic E-state index is 11.2. The zero-order valence-corrected chi connectivity index (χ0v) is 9.59. The predicted octanol–water partition coefficient (Wildman–Crippen LogP) is 1.54. The molecule has 92 valence electrons. The average molecular weight is 237 g/mol. The highest BCUT2D eigenvalue weighted by Crippen LogP contribution is 2.20. The molecule has 0 aromatic heterocycles. The molecule has 2 rings (SSSR count). The number of rotatable bonds is 5. The summed E-state index contributed by atoms with van der Waals surface area (Å²) in [5.41, 5.74) is 0. The SMILES string of the molecule is CC1OC1COC(=O)NCOc1ccccc1. The van der Waals surface area contributed by atoms with E-state index >= 15 is 0 Å². The average Bonchev–Trinajstić information content (AvgIpc) is 3.04. The molecule has 0 aliphatic carbocycles. The summed E-state index contributed by atoms with van der Waals surface area (Å²) in [5, 5.41) is 2.49. The number of carbonyl (C=O) groups excluding carboxylic acids is 1. The molecule has 1 amide bonds. The third kappa shape index (κ3) is 3.96. The Morgan fingerprint density at radius 3 is 2.76 bits per heavy atom. The lowest BCUT2D eigenvalue weighted by Gasteiger charge is -2.07. The maximum absolute atomic E-state index is 11.2. The van der Waals surface area contributed by atoms with Gasteiger partial charge in [-0.3, -0.25) is 5.32 Å². The predicted molar refractivity (Wildman–Crippen MR) is 60.8 cm³/mol. The van der Waals surface area contributed by atoms with Crippen molar-refractivity contribution in [1.82, 2.24) is 5.32 Å². The van der Waals surface area contributed by atoms with Crippen molar-refractivity contribution in [2.75, 3.05) is 13.3 Å². The molecule has 1 aromatic rings. The first-order chi connectivity index (χ1) is 8.25. The van der Waals surface area contributed by atoms with Crippen LogP contribution in [0.4, 0.5) is 4.79 Å². The molecular formula is C12H15NO4. The molecule has 0 radical (unpaired) electrons. The second-order valence-electron chi connectivity index (χ2n) is 3.76. The van der Waals surface area contributed by atoms with E-state index in [-0.39, 0.29) is 18.9 Å². The minimum absolute atomic E-state index is 0.0517. The van der Waals surface area contributed by atoms with Crippen molar-refractivity contribution in [2.24, 2.45) is 0 Å². The lowest BCUT2D eigenvalue weighted by Crippen LogP contribution is -2.29. The van der Waals surface area contributed by atoms with Crippen LogP contribution in [0, 0.1) is 0 Å². The van der Waals surface area contributed by atoms with Crippen molar-refractivity contribution in [3.05, 3.63) is 30.3 Å². The van der Waals surface area contributed by atoms with E-state index in [0.29, 0.717) is 12.4 Å². The van der Waals surface area contributed by atoms with Gasteiger partial charge in [-0.05, 0) is 19.1 Å². The first-order valence-corrected chi connectivity index (χ1v) is 5.49. The number of epoxide rings is 1. The fourth-order valence-corrected chi connectivity index (χ4v) is 1.31. The van der Waals surface area contributed by atoms with E-state index in [1.807, 2.05) is 37.3 Å². The molecule has 2 unspecified atom stereocenters. The van der Waals surface area contributed by atoms with Crippen LogP contribution in [-0.2, 0) is 9.47 Å². The number of hydrogen-bond donors (Lipinski definition) is 1. The monoisotopic (exact) mass is 237 g/mol. The maximum Gasteiger partial charge on any atom is 0.409 e. The minimum atomic E-state index is -0.497. The zero-order valence-electron chi connectivity index (χ0n) is 9.59. The molecule has 0 saturated carbocycles. The van der Waals surface area contributed by atoms with Gasteiger partial charge in [0.2, 0.25) is 0 Å². The summed E-state index contributed by atoms with van der Waals surface area (Å²) in [5.74, 6) is 0.701. The van der Waals surface area contributed by atoms with Gasteiger partial charge < -0.3 is 14.2 Å². The molecule has 0 bridgehead atoms. The molecule has 5 nitrogen and oxygen atoms in total. The van der Waals surface area contributed by atoms with E-state index in [2.05, 4.69) is 5.32 Å². The van der Waals surface area contributed by atoms with Crippen LogP contribution in [0.5, 0.6) is 5.75 Å². The smallest absolute Gasteiger partial charge is 0.409 e. The second kappa shape index (κ2) is 5.54. The molecule has 2 atom stereocenters.